The molecule has 13 nitrogen and oxygen atoms in total. The van der Waals surface area contributed by atoms with Crippen molar-refractivity contribution in [1.29, 1.82) is 0 Å². The van der Waals surface area contributed by atoms with Crippen LogP contribution in [0.25, 0.3) is 21.9 Å². The van der Waals surface area contributed by atoms with Crippen LogP contribution in [0.4, 0.5) is 0 Å². The molecule has 0 aliphatic carbocycles. The molecule has 0 saturated carbocycles. The number of aromatic amines is 2. The number of ether oxygens (including phenoxy) is 2. The number of likely N-dealkylation sites (N-methyl/N-ethyl adjacent to an activating group) is 1. The second kappa shape index (κ2) is 16.7. The Labute approximate surface area is 325 Å². The third-order valence-corrected chi connectivity index (χ3v) is 11.2. The Morgan fingerprint density at radius 3 is 2.62 bits per heavy atom. The van der Waals surface area contributed by atoms with Crippen LogP contribution < -0.4 is 20.1 Å². The SMILES string of the molecule is CNC[C@H](CCCc1cccc2[nH]nnc12)NC(=O)C1CN(C(=O)Cc2c[nH]c3cc(Cl)ccc23)CC2CN(C(=O)c3ccc(OC(C)C)c(OC)c3)CC21. The lowest BCUT2D eigenvalue weighted by Crippen LogP contribution is -2.55. The molecule has 0 radical (unpaired) electrons. The molecule has 2 aliphatic heterocycles. The molecule has 7 rings (SSSR count). The predicted molar refractivity (Wildman–Crippen MR) is 211 cm³/mol. The monoisotopic (exact) mass is 768 g/mol. The first-order valence-corrected chi connectivity index (χ1v) is 19.4. The van der Waals surface area contributed by atoms with Gasteiger partial charge in [0.15, 0.2) is 11.5 Å². The Bertz CT molecular complexity index is 2170. The quantitative estimate of drug-likeness (QED) is 0.123. The molecule has 2 aliphatic rings. The third-order valence-electron chi connectivity index (χ3n) is 10.9. The smallest absolute Gasteiger partial charge is 0.254 e. The summed E-state index contributed by atoms with van der Waals surface area (Å²) >= 11 is 6.21. The van der Waals surface area contributed by atoms with Crippen LogP contribution in [0.2, 0.25) is 5.02 Å². The van der Waals surface area contributed by atoms with Gasteiger partial charge in [0.1, 0.15) is 5.52 Å². The first kappa shape index (κ1) is 38.1. The molecule has 4 heterocycles. The number of carbonyl (C=O) groups excluding carboxylic acids is 3. The lowest BCUT2D eigenvalue weighted by Gasteiger charge is -2.40. The predicted octanol–water partition coefficient (Wildman–Crippen LogP) is 5.00. The summed E-state index contributed by atoms with van der Waals surface area (Å²) in [7, 11) is 3.43. The molecule has 0 spiro atoms. The number of likely N-dealkylation sites (tertiary alicyclic amines) is 2. The van der Waals surface area contributed by atoms with E-state index >= 15 is 0 Å². The molecule has 2 aromatic heterocycles. The molecule has 4 N–H and O–H groups in total. The summed E-state index contributed by atoms with van der Waals surface area (Å²) < 4.78 is 11.4. The van der Waals surface area contributed by atoms with Gasteiger partial charge in [-0.25, -0.2) is 0 Å². The highest BCUT2D eigenvalue weighted by Gasteiger charge is 2.48. The van der Waals surface area contributed by atoms with Crippen LogP contribution in [0.5, 0.6) is 11.5 Å². The molecule has 2 saturated heterocycles. The molecule has 14 heteroatoms. The summed E-state index contributed by atoms with van der Waals surface area (Å²) in [4.78, 5) is 49.3. The van der Waals surface area contributed by atoms with Crippen LogP contribution in [-0.4, -0.2) is 107 Å². The highest BCUT2D eigenvalue weighted by Crippen LogP contribution is 2.38. The van der Waals surface area contributed by atoms with Gasteiger partial charge < -0.3 is 34.9 Å². The zero-order valence-electron chi connectivity index (χ0n) is 31.7. The Kier molecular flexibility index (Phi) is 11.6. The van der Waals surface area contributed by atoms with E-state index in [2.05, 4.69) is 37.1 Å². The van der Waals surface area contributed by atoms with Gasteiger partial charge >= 0.3 is 0 Å². The number of H-pyrrole nitrogens is 2. The van der Waals surface area contributed by atoms with E-state index in [1.807, 2.05) is 67.2 Å². The molecule has 290 valence electrons. The fraction of sp³-hybridized carbons (Fsp3) is 0.439. The fourth-order valence-electron chi connectivity index (χ4n) is 8.29. The van der Waals surface area contributed by atoms with Crippen LogP contribution >= 0.6 is 11.6 Å². The number of hydrogen-bond donors (Lipinski definition) is 4. The van der Waals surface area contributed by atoms with E-state index in [0.717, 1.165) is 52.3 Å². The Morgan fingerprint density at radius 1 is 0.982 bits per heavy atom. The molecule has 3 amide bonds. The minimum absolute atomic E-state index is 0.0533. The number of piperidine rings is 1. The Balaban J connectivity index is 1.09. The average Bonchev–Trinajstić information content (AvgIpc) is 3.93. The van der Waals surface area contributed by atoms with Gasteiger partial charge in [0.25, 0.3) is 5.91 Å². The van der Waals surface area contributed by atoms with Gasteiger partial charge in [-0.3, -0.25) is 19.5 Å². The summed E-state index contributed by atoms with van der Waals surface area (Å²) in [6.45, 7) is 6.05. The van der Waals surface area contributed by atoms with E-state index in [1.165, 1.54) is 0 Å². The second-order valence-electron chi connectivity index (χ2n) is 15.0. The van der Waals surface area contributed by atoms with Gasteiger partial charge in [0.2, 0.25) is 11.8 Å². The molecular weight excluding hydrogens is 720 g/mol. The number of benzene rings is 3. The number of aromatic nitrogens is 4. The second-order valence-corrected chi connectivity index (χ2v) is 15.5. The molecule has 3 aromatic carbocycles. The van der Waals surface area contributed by atoms with Crippen molar-refractivity contribution in [2.24, 2.45) is 17.8 Å². The van der Waals surface area contributed by atoms with Crippen molar-refractivity contribution in [3.63, 3.8) is 0 Å². The molecule has 4 atom stereocenters. The molecular formula is C41H49ClN8O5. The van der Waals surface area contributed by atoms with Crippen molar-refractivity contribution in [1.82, 2.24) is 40.8 Å². The van der Waals surface area contributed by atoms with Crippen molar-refractivity contribution in [2.45, 2.75) is 51.7 Å². The van der Waals surface area contributed by atoms with E-state index in [1.54, 1.807) is 25.3 Å². The third kappa shape index (κ3) is 8.42. The van der Waals surface area contributed by atoms with Gasteiger partial charge in [-0.05, 0) is 99.5 Å². The molecule has 5 aromatic rings. The number of carbonyl (C=O) groups is 3. The molecule has 55 heavy (non-hydrogen) atoms. The van der Waals surface area contributed by atoms with Crippen LogP contribution in [0, 0.1) is 17.8 Å². The summed E-state index contributed by atoms with van der Waals surface area (Å²) in [6, 6.07) is 16.7. The normalized spacial score (nSPS) is 18.8. The number of halogens is 1. The Hall–Kier alpha value is -5.14. The summed E-state index contributed by atoms with van der Waals surface area (Å²) in [5.74, 6) is 0.0624. The summed E-state index contributed by atoms with van der Waals surface area (Å²) in [5, 5.41) is 19.3. The number of fused-ring (bicyclic) bond motifs is 3. The highest BCUT2D eigenvalue weighted by atomic mass is 35.5. The number of methoxy groups -OCH3 is 1. The van der Waals surface area contributed by atoms with E-state index in [9.17, 15) is 14.4 Å². The Morgan fingerprint density at radius 2 is 1.82 bits per heavy atom. The van der Waals surface area contributed by atoms with Gasteiger partial charge in [-0.1, -0.05) is 35.0 Å². The number of amides is 3. The van der Waals surface area contributed by atoms with Gasteiger partial charge in [0, 0.05) is 66.5 Å². The number of hydrogen-bond acceptors (Lipinski definition) is 8. The van der Waals surface area contributed by atoms with Crippen LogP contribution in [-0.2, 0) is 22.4 Å². The lowest BCUT2D eigenvalue weighted by molar-refractivity contribution is -0.138. The molecule has 2 fully saturated rings. The van der Waals surface area contributed by atoms with Gasteiger partial charge in [-0.2, -0.15) is 0 Å². The molecule has 3 unspecified atom stereocenters. The minimum Gasteiger partial charge on any atom is -0.493 e. The van der Waals surface area contributed by atoms with Crippen molar-refractivity contribution >= 4 is 51.3 Å². The van der Waals surface area contributed by atoms with E-state index in [4.69, 9.17) is 21.1 Å². The van der Waals surface area contributed by atoms with Crippen LogP contribution in [0.15, 0.2) is 60.8 Å². The topological polar surface area (TPSA) is 158 Å². The fourth-order valence-corrected chi connectivity index (χ4v) is 8.46. The summed E-state index contributed by atoms with van der Waals surface area (Å²) in [5.41, 5.74) is 5.10. The van der Waals surface area contributed by atoms with Crippen LogP contribution in [0.1, 0.15) is 48.2 Å². The maximum Gasteiger partial charge on any atom is 0.254 e. The minimum atomic E-state index is -0.498. The number of nitrogens with one attached hydrogen (secondary N) is 4. The standard InChI is InChI=1S/C41H49ClN8O5/c1-24(2)55-36-14-11-26(15-37(36)54-4)41(53)50-21-28-20-49(38(51)16-27-18-44-35-17-29(42)12-13-31(27)35)23-33(32(28)22-50)40(52)45-30(19-43-3)9-5-7-25-8-6-10-34-39(25)47-48-46-34/h6,8,10-15,17-18,24,28,30,32-33,43-44H,5,7,9,16,19-23H2,1-4H3,(H,45,52)(H,46,47,48)/t28?,30-,32?,33?/m0/s1. The first-order valence-electron chi connectivity index (χ1n) is 19.0. The maximum atomic E-state index is 14.4. The van der Waals surface area contributed by atoms with Crippen LogP contribution in [0.3, 0.4) is 0 Å². The number of aryl methyl sites for hydroxylation is 1. The van der Waals surface area contributed by atoms with Gasteiger partial charge in [-0.15, -0.1) is 5.10 Å². The van der Waals surface area contributed by atoms with E-state index in [-0.39, 0.29) is 54.7 Å². The van der Waals surface area contributed by atoms with Crippen molar-refractivity contribution in [3.8, 4) is 11.5 Å². The first-order chi connectivity index (χ1) is 26.6. The van der Waals surface area contributed by atoms with Crippen molar-refractivity contribution in [3.05, 3.63) is 82.5 Å². The largest absolute Gasteiger partial charge is 0.493 e. The van der Waals surface area contributed by atoms with Crippen molar-refractivity contribution in [2.75, 3.05) is 46.9 Å². The number of rotatable bonds is 14. The van der Waals surface area contributed by atoms with Crippen molar-refractivity contribution < 1.29 is 23.9 Å². The zero-order valence-corrected chi connectivity index (χ0v) is 32.5. The van der Waals surface area contributed by atoms with Gasteiger partial charge in [0.05, 0.1) is 31.1 Å². The van der Waals surface area contributed by atoms with E-state index in [0.29, 0.717) is 48.3 Å². The molecule has 0 bridgehead atoms. The van der Waals surface area contributed by atoms with E-state index < -0.39 is 5.92 Å². The highest BCUT2D eigenvalue weighted by molar-refractivity contribution is 6.31. The lowest BCUT2D eigenvalue weighted by atomic mass is 9.79. The zero-order chi connectivity index (χ0) is 38.6. The number of nitrogens with zero attached hydrogens (tertiary/aromatic N) is 4. The summed E-state index contributed by atoms with van der Waals surface area (Å²) in [6.07, 6.45) is 4.36. The maximum absolute atomic E-state index is 14.4. The average molecular weight is 769 g/mol.